The lowest BCUT2D eigenvalue weighted by atomic mass is 9.80. The van der Waals surface area contributed by atoms with E-state index < -0.39 is 23.2 Å². The van der Waals surface area contributed by atoms with Crippen LogP contribution < -0.4 is 5.32 Å². The predicted molar refractivity (Wildman–Crippen MR) is 71.4 cm³/mol. The number of pyridine rings is 1. The Morgan fingerprint density at radius 1 is 1.37 bits per heavy atom. The van der Waals surface area contributed by atoms with Gasteiger partial charge in [0, 0.05) is 5.69 Å². The second-order valence-corrected chi connectivity index (χ2v) is 5.63. The van der Waals surface area contributed by atoms with Crippen LogP contribution >= 0.6 is 0 Å². The molecule has 104 valence electrons. The molecular weight excluding hydrogens is 244 g/mol. The number of hydrogen-bond donors (Lipinski definition) is 2. The number of aryl methyl sites for hydroxylation is 1. The molecule has 0 saturated carbocycles. The number of rotatable bonds is 4. The van der Waals surface area contributed by atoms with Crippen molar-refractivity contribution in [2.24, 2.45) is 11.3 Å². The average Bonchev–Trinajstić information content (AvgIpc) is 2.24. The summed E-state index contributed by atoms with van der Waals surface area (Å²) in [5, 5.41) is 11.8. The van der Waals surface area contributed by atoms with Gasteiger partial charge in [0.1, 0.15) is 5.92 Å². The van der Waals surface area contributed by atoms with E-state index in [-0.39, 0.29) is 6.54 Å². The number of hydrogen-bond acceptors (Lipinski definition) is 3. The van der Waals surface area contributed by atoms with Gasteiger partial charge >= 0.3 is 5.97 Å². The number of carboxylic acid groups (broad SMARTS) is 1. The standard InChI is InChI=1S/C14H20N2O3/c1-9-6-5-7-10(16-9)8-15-12(17)11(13(18)19)14(2,3)4/h5-7,11H,8H2,1-4H3,(H,15,17)(H,18,19). The molecule has 0 saturated heterocycles. The molecule has 0 fully saturated rings. The Bertz CT molecular complexity index is 478. The maximum absolute atomic E-state index is 12.0. The van der Waals surface area contributed by atoms with Crippen molar-refractivity contribution < 1.29 is 14.7 Å². The molecule has 1 aromatic heterocycles. The van der Waals surface area contributed by atoms with Crippen LogP contribution in [0.25, 0.3) is 0 Å². The minimum Gasteiger partial charge on any atom is -0.481 e. The van der Waals surface area contributed by atoms with Crippen LogP contribution in [-0.2, 0) is 16.1 Å². The summed E-state index contributed by atoms with van der Waals surface area (Å²) in [4.78, 5) is 27.4. The molecule has 1 aromatic rings. The number of amides is 1. The fourth-order valence-electron chi connectivity index (χ4n) is 1.85. The van der Waals surface area contributed by atoms with Gasteiger partial charge in [-0.15, -0.1) is 0 Å². The van der Waals surface area contributed by atoms with Gasteiger partial charge in [0.05, 0.1) is 12.2 Å². The van der Waals surface area contributed by atoms with Crippen molar-refractivity contribution in [1.29, 1.82) is 0 Å². The third-order valence-electron chi connectivity index (χ3n) is 2.76. The molecule has 0 bridgehead atoms. The highest BCUT2D eigenvalue weighted by Gasteiger charge is 2.37. The van der Waals surface area contributed by atoms with E-state index in [0.717, 1.165) is 5.69 Å². The van der Waals surface area contributed by atoms with Gasteiger partial charge in [0.15, 0.2) is 0 Å². The molecule has 2 N–H and O–H groups in total. The van der Waals surface area contributed by atoms with Crippen molar-refractivity contribution in [3.05, 3.63) is 29.6 Å². The van der Waals surface area contributed by atoms with Crippen molar-refractivity contribution in [1.82, 2.24) is 10.3 Å². The maximum atomic E-state index is 12.0. The fourth-order valence-corrected chi connectivity index (χ4v) is 1.85. The van der Waals surface area contributed by atoms with Gasteiger partial charge in [-0.05, 0) is 24.5 Å². The summed E-state index contributed by atoms with van der Waals surface area (Å²) in [6.45, 7) is 7.30. The summed E-state index contributed by atoms with van der Waals surface area (Å²) >= 11 is 0. The number of aliphatic carboxylic acids is 1. The molecule has 0 radical (unpaired) electrons. The van der Waals surface area contributed by atoms with Crippen molar-refractivity contribution >= 4 is 11.9 Å². The third-order valence-corrected chi connectivity index (χ3v) is 2.76. The number of carbonyl (C=O) groups is 2. The molecule has 5 heteroatoms. The molecular formula is C14H20N2O3. The smallest absolute Gasteiger partial charge is 0.316 e. The van der Waals surface area contributed by atoms with E-state index in [1.807, 2.05) is 19.1 Å². The number of nitrogens with zero attached hydrogens (tertiary/aromatic N) is 1. The van der Waals surface area contributed by atoms with Crippen LogP contribution in [0.15, 0.2) is 18.2 Å². The van der Waals surface area contributed by atoms with E-state index >= 15 is 0 Å². The molecule has 19 heavy (non-hydrogen) atoms. The summed E-state index contributed by atoms with van der Waals surface area (Å²) in [6.07, 6.45) is 0. The molecule has 1 rings (SSSR count). The van der Waals surface area contributed by atoms with E-state index in [9.17, 15) is 9.59 Å². The first-order valence-corrected chi connectivity index (χ1v) is 6.15. The summed E-state index contributed by atoms with van der Waals surface area (Å²) in [7, 11) is 0. The zero-order chi connectivity index (χ0) is 14.6. The lowest BCUT2D eigenvalue weighted by molar-refractivity contribution is -0.151. The zero-order valence-electron chi connectivity index (χ0n) is 11.7. The Balaban J connectivity index is 2.71. The highest BCUT2D eigenvalue weighted by molar-refractivity contribution is 5.97. The third kappa shape index (κ3) is 4.35. The van der Waals surface area contributed by atoms with E-state index in [2.05, 4.69) is 10.3 Å². The van der Waals surface area contributed by atoms with Crippen molar-refractivity contribution in [3.8, 4) is 0 Å². The van der Waals surface area contributed by atoms with Crippen LogP contribution in [0.1, 0.15) is 32.2 Å². The van der Waals surface area contributed by atoms with Crippen LogP contribution in [-0.4, -0.2) is 22.0 Å². The van der Waals surface area contributed by atoms with Gasteiger partial charge in [0.2, 0.25) is 5.91 Å². The monoisotopic (exact) mass is 264 g/mol. The Labute approximate surface area is 113 Å². The second kappa shape index (κ2) is 5.82. The summed E-state index contributed by atoms with van der Waals surface area (Å²) < 4.78 is 0. The van der Waals surface area contributed by atoms with E-state index in [1.54, 1.807) is 26.8 Å². The summed E-state index contributed by atoms with van der Waals surface area (Å²) in [5.74, 6) is -2.66. The van der Waals surface area contributed by atoms with Crippen LogP contribution in [0.3, 0.4) is 0 Å². The van der Waals surface area contributed by atoms with Gasteiger partial charge < -0.3 is 10.4 Å². The van der Waals surface area contributed by atoms with E-state index in [4.69, 9.17) is 5.11 Å². The molecule has 1 atom stereocenters. The SMILES string of the molecule is Cc1cccc(CNC(=O)C(C(=O)O)C(C)(C)C)n1. The summed E-state index contributed by atoms with van der Waals surface area (Å²) in [5.41, 5.74) is 0.944. The Hall–Kier alpha value is -1.91. The van der Waals surface area contributed by atoms with E-state index in [1.165, 1.54) is 0 Å². The first kappa shape index (κ1) is 15.1. The van der Waals surface area contributed by atoms with Crippen LogP contribution in [0.2, 0.25) is 0 Å². The van der Waals surface area contributed by atoms with Gasteiger partial charge in [-0.25, -0.2) is 0 Å². The summed E-state index contributed by atoms with van der Waals surface area (Å²) in [6, 6.07) is 5.50. The Morgan fingerprint density at radius 2 is 2.00 bits per heavy atom. The highest BCUT2D eigenvalue weighted by Crippen LogP contribution is 2.26. The second-order valence-electron chi connectivity index (χ2n) is 5.63. The average molecular weight is 264 g/mol. The van der Waals surface area contributed by atoms with Crippen molar-refractivity contribution in [2.75, 3.05) is 0 Å². The van der Waals surface area contributed by atoms with Gasteiger partial charge in [0.25, 0.3) is 0 Å². The molecule has 0 aliphatic rings. The number of carboxylic acids is 1. The molecule has 0 spiro atoms. The number of aromatic nitrogens is 1. The normalized spacial score (nSPS) is 12.8. The molecule has 1 heterocycles. The largest absolute Gasteiger partial charge is 0.481 e. The van der Waals surface area contributed by atoms with Gasteiger partial charge in [-0.2, -0.15) is 0 Å². The molecule has 0 aromatic carbocycles. The molecule has 1 unspecified atom stereocenters. The van der Waals surface area contributed by atoms with Gasteiger partial charge in [-0.1, -0.05) is 26.8 Å². The number of nitrogens with one attached hydrogen (secondary N) is 1. The van der Waals surface area contributed by atoms with E-state index in [0.29, 0.717) is 5.69 Å². The first-order chi connectivity index (χ1) is 8.71. The lowest BCUT2D eigenvalue weighted by Crippen LogP contribution is -2.42. The van der Waals surface area contributed by atoms with Gasteiger partial charge in [-0.3, -0.25) is 14.6 Å². The Morgan fingerprint density at radius 3 is 2.47 bits per heavy atom. The van der Waals surface area contributed by atoms with Crippen LogP contribution in [0, 0.1) is 18.3 Å². The quantitative estimate of drug-likeness (QED) is 0.812. The minimum atomic E-state index is -1.11. The maximum Gasteiger partial charge on any atom is 0.316 e. The first-order valence-electron chi connectivity index (χ1n) is 6.15. The van der Waals surface area contributed by atoms with Crippen molar-refractivity contribution in [3.63, 3.8) is 0 Å². The zero-order valence-corrected chi connectivity index (χ0v) is 11.7. The molecule has 0 aliphatic carbocycles. The van der Waals surface area contributed by atoms with Crippen LogP contribution in [0.4, 0.5) is 0 Å². The minimum absolute atomic E-state index is 0.236. The lowest BCUT2D eigenvalue weighted by Gasteiger charge is -2.25. The highest BCUT2D eigenvalue weighted by atomic mass is 16.4. The molecule has 1 amide bonds. The van der Waals surface area contributed by atoms with Crippen molar-refractivity contribution in [2.45, 2.75) is 34.2 Å². The number of carbonyl (C=O) groups excluding carboxylic acids is 1. The topological polar surface area (TPSA) is 79.3 Å². The Kier molecular flexibility index (Phi) is 4.64. The fraction of sp³-hybridized carbons (Fsp3) is 0.500. The molecule has 5 nitrogen and oxygen atoms in total. The molecule has 0 aliphatic heterocycles. The van der Waals surface area contributed by atoms with Crippen LogP contribution in [0.5, 0.6) is 0 Å². The predicted octanol–water partition coefficient (Wildman–Crippen LogP) is 1.75.